The van der Waals surface area contributed by atoms with Crippen molar-refractivity contribution in [3.63, 3.8) is 0 Å². The van der Waals surface area contributed by atoms with Crippen molar-refractivity contribution >= 4 is 21.8 Å². The number of hydrogen-bond donors (Lipinski definition) is 2. The van der Waals surface area contributed by atoms with Crippen molar-refractivity contribution in [1.29, 1.82) is 0 Å². The average molecular weight is 357 g/mol. The van der Waals surface area contributed by atoms with Gasteiger partial charge in [0.05, 0.1) is 0 Å². The molecule has 3 N–H and O–H groups in total. The van der Waals surface area contributed by atoms with E-state index < -0.39 is 23.2 Å². The van der Waals surface area contributed by atoms with Gasteiger partial charge in [-0.3, -0.25) is 0 Å². The van der Waals surface area contributed by atoms with Crippen molar-refractivity contribution in [2.45, 2.75) is 6.92 Å². The van der Waals surface area contributed by atoms with Gasteiger partial charge in [0.25, 0.3) is 0 Å². The van der Waals surface area contributed by atoms with Crippen LogP contribution in [0.2, 0.25) is 0 Å². The van der Waals surface area contributed by atoms with Gasteiger partial charge in [-0.1, -0.05) is 27.2 Å². The Morgan fingerprint density at radius 1 is 1.24 bits per heavy atom. The zero-order chi connectivity index (χ0) is 15.6. The van der Waals surface area contributed by atoms with Crippen molar-refractivity contribution in [1.82, 2.24) is 0 Å². The molecule has 0 heterocycles. The standard InChI is InChI=1S/C14H11BrF2N2O2/c1-7-2-3-9(15)6-12(7)21-13-10(16)4-8(5-11(13)17)14(18)19-20/h2-6,20H,1H3,(H2,18,19). The Morgan fingerprint density at radius 3 is 2.43 bits per heavy atom. The van der Waals surface area contributed by atoms with E-state index in [2.05, 4.69) is 21.1 Å². The fourth-order valence-electron chi connectivity index (χ4n) is 1.66. The third-order valence-corrected chi connectivity index (χ3v) is 3.26. The van der Waals surface area contributed by atoms with Gasteiger partial charge in [0.1, 0.15) is 5.75 Å². The smallest absolute Gasteiger partial charge is 0.198 e. The maximum atomic E-state index is 14.0. The van der Waals surface area contributed by atoms with Crippen LogP contribution in [0.15, 0.2) is 40.0 Å². The molecular weight excluding hydrogens is 346 g/mol. The minimum absolute atomic E-state index is 0.0779. The van der Waals surface area contributed by atoms with Crippen LogP contribution in [0.1, 0.15) is 11.1 Å². The predicted molar refractivity (Wildman–Crippen MR) is 77.8 cm³/mol. The molecule has 7 heteroatoms. The number of nitrogens with two attached hydrogens (primary N) is 1. The van der Waals surface area contributed by atoms with Crippen LogP contribution in [0.3, 0.4) is 0 Å². The second-order valence-corrected chi connectivity index (χ2v) is 5.18. The predicted octanol–water partition coefficient (Wildman–Crippen LogP) is 3.92. The largest absolute Gasteiger partial charge is 0.451 e. The molecule has 2 aromatic rings. The number of oxime groups is 1. The van der Waals surface area contributed by atoms with Gasteiger partial charge in [-0.2, -0.15) is 0 Å². The highest BCUT2D eigenvalue weighted by atomic mass is 79.9. The average Bonchev–Trinajstić information content (AvgIpc) is 2.45. The summed E-state index contributed by atoms with van der Waals surface area (Å²) in [5.74, 6) is -2.52. The van der Waals surface area contributed by atoms with Gasteiger partial charge in [0.15, 0.2) is 23.2 Å². The maximum Gasteiger partial charge on any atom is 0.198 e. The molecule has 0 radical (unpaired) electrons. The molecule has 0 aliphatic rings. The number of ether oxygens (including phenoxy) is 1. The zero-order valence-corrected chi connectivity index (χ0v) is 12.5. The molecule has 0 fully saturated rings. The number of halogens is 3. The highest BCUT2D eigenvalue weighted by molar-refractivity contribution is 9.10. The number of aryl methyl sites for hydroxylation is 1. The molecule has 0 saturated carbocycles. The highest BCUT2D eigenvalue weighted by Gasteiger charge is 2.16. The van der Waals surface area contributed by atoms with E-state index in [1.807, 2.05) is 0 Å². The number of nitrogens with zero attached hydrogens (tertiary/aromatic N) is 1. The summed E-state index contributed by atoms with van der Waals surface area (Å²) in [4.78, 5) is 0. The number of rotatable bonds is 3. The van der Waals surface area contributed by atoms with Crippen LogP contribution in [0.25, 0.3) is 0 Å². The fraction of sp³-hybridized carbons (Fsp3) is 0.0714. The minimum Gasteiger partial charge on any atom is -0.451 e. The summed E-state index contributed by atoms with van der Waals surface area (Å²) in [6, 6.07) is 7.00. The lowest BCUT2D eigenvalue weighted by Crippen LogP contribution is -2.14. The summed E-state index contributed by atoms with van der Waals surface area (Å²) >= 11 is 3.26. The number of hydrogen-bond acceptors (Lipinski definition) is 3. The molecule has 0 aliphatic heterocycles. The first-order valence-electron chi connectivity index (χ1n) is 5.83. The van der Waals surface area contributed by atoms with Crippen LogP contribution in [0, 0.1) is 18.6 Å². The number of benzene rings is 2. The van der Waals surface area contributed by atoms with Crippen LogP contribution in [0.4, 0.5) is 8.78 Å². The summed E-state index contributed by atoms with van der Waals surface area (Å²) < 4.78 is 33.9. The third-order valence-electron chi connectivity index (χ3n) is 2.76. The molecule has 110 valence electrons. The van der Waals surface area contributed by atoms with Gasteiger partial charge in [0.2, 0.25) is 0 Å². The van der Waals surface area contributed by atoms with Gasteiger partial charge in [-0.25, -0.2) is 8.78 Å². The van der Waals surface area contributed by atoms with Crippen molar-refractivity contribution in [3.05, 3.63) is 57.6 Å². The van der Waals surface area contributed by atoms with Gasteiger partial charge >= 0.3 is 0 Å². The van der Waals surface area contributed by atoms with E-state index in [0.29, 0.717) is 5.75 Å². The molecule has 0 atom stereocenters. The quantitative estimate of drug-likeness (QED) is 0.379. The molecule has 0 saturated heterocycles. The Hall–Kier alpha value is -2.15. The molecule has 21 heavy (non-hydrogen) atoms. The molecule has 0 aromatic heterocycles. The Morgan fingerprint density at radius 2 is 1.86 bits per heavy atom. The molecule has 0 bridgehead atoms. The monoisotopic (exact) mass is 356 g/mol. The fourth-order valence-corrected chi connectivity index (χ4v) is 2.00. The highest BCUT2D eigenvalue weighted by Crippen LogP contribution is 2.32. The lowest BCUT2D eigenvalue weighted by atomic mass is 10.2. The van der Waals surface area contributed by atoms with Gasteiger partial charge in [-0.05, 0) is 36.8 Å². The Balaban J connectivity index is 2.43. The summed E-state index contributed by atoms with van der Waals surface area (Å²) in [7, 11) is 0. The first-order chi connectivity index (χ1) is 9.92. The first kappa shape index (κ1) is 15.2. The van der Waals surface area contributed by atoms with Crippen molar-refractivity contribution < 1.29 is 18.7 Å². The third kappa shape index (κ3) is 3.30. The zero-order valence-electron chi connectivity index (χ0n) is 10.9. The Bertz CT molecular complexity index is 697. The van der Waals surface area contributed by atoms with Crippen LogP contribution < -0.4 is 10.5 Å². The van der Waals surface area contributed by atoms with Gasteiger partial charge in [-0.15, -0.1) is 0 Å². The molecule has 0 aliphatic carbocycles. The van der Waals surface area contributed by atoms with E-state index in [0.717, 1.165) is 22.2 Å². The molecule has 0 spiro atoms. The van der Waals surface area contributed by atoms with Crippen molar-refractivity contribution in [3.8, 4) is 11.5 Å². The lowest BCUT2D eigenvalue weighted by Gasteiger charge is -2.11. The maximum absolute atomic E-state index is 14.0. The SMILES string of the molecule is Cc1ccc(Br)cc1Oc1c(F)cc(/C(N)=N/O)cc1F. The van der Waals surface area contributed by atoms with Crippen LogP contribution >= 0.6 is 15.9 Å². The molecular formula is C14H11BrF2N2O2. The Labute approximate surface area is 128 Å². The van der Waals surface area contributed by atoms with E-state index in [-0.39, 0.29) is 5.56 Å². The summed E-state index contributed by atoms with van der Waals surface area (Å²) in [6.07, 6.45) is 0. The second kappa shape index (κ2) is 6.09. The van der Waals surface area contributed by atoms with Crippen LogP contribution in [-0.2, 0) is 0 Å². The molecule has 2 aromatic carbocycles. The van der Waals surface area contributed by atoms with E-state index in [1.54, 1.807) is 25.1 Å². The first-order valence-corrected chi connectivity index (χ1v) is 6.62. The molecule has 0 unspecified atom stereocenters. The van der Waals surface area contributed by atoms with E-state index >= 15 is 0 Å². The van der Waals surface area contributed by atoms with E-state index in [4.69, 9.17) is 15.7 Å². The molecule has 2 rings (SSSR count). The Kier molecular flexibility index (Phi) is 4.42. The number of amidine groups is 1. The molecule has 4 nitrogen and oxygen atoms in total. The lowest BCUT2D eigenvalue weighted by molar-refractivity contribution is 0.318. The normalized spacial score (nSPS) is 11.5. The summed E-state index contributed by atoms with van der Waals surface area (Å²) in [5, 5.41) is 11.2. The van der Waals surface area contributed by atoms with Crippen molar-refractivity contribution in [2.75, 3.05) is 0 Å². The second-order valence-electron chi connectivity index (χ2n) is 4.27. The molecule has 0 amide bonds. The summed E-state index contributed by atoms with van der Waals surface area (Å²) in [6.45, 7) is 1.75. The summed E-state index contributed by atoms with van der Waals surface area (Å²) in [5.41, 5.74) is 5.94. The minimum atomic E-state index is -0.948. The topological polar surface area (TPSA) is 67.8 Å². The van der Waals surface area contributed by atoms with E-state index in [1.165, 1.54) is 0 Å². The van der Waals surface area contributed by atoms with Crippen LogP contribution in [0.5, 0.6) is 11.5 Å². The van der Waals surface area contributed by atoms with Crippen LogP contribution in [-0.4, -0.2) is 11.0 Å². The van der Waals surface area contributed by atoms with E-state index in [9.17, 15) is 8.78 Å². The van der Waals surface area contributed by atoms with Crippen molar-refractivity contribution in [2.24, 2.45) is 10.9 Å². The van der Waals surface area contributed by atoms with Gasteiger partial charge in [0, 0.05) is 10.0 Å². The van der Waals surface area contributed by atoms with Gasteiger partial charge < -0.3 is 15.7 Å².